The molecule has 4 nitrogen and oxygen atoms in total. The largest absolute Gasteiger partial charge is 0.361 e. The molecule has 1 aromatic heterocycles. The maximum Gasteiger partial charge on any atom is 0.202 e. The van der Waals surface area contributed by atoms with Crippen molar-refractivity contribution in [1.29, 1.82) is 0 Å². The third-order valence-corrected chi connectivity index (χ3v) is 7.71. The van der Waals surface area contributed by atoms with Gasteiger partial charge in [-0.3, -0.25) is 4.79 Å². The first-order valence-electron chi connectivity index (χ1n) is 12.2. The smallest absolute Gasteiger partial charge is 0.202 e. The van der Waals surface area contributed by atoms with Crippen LogP contribution in [0.15, 0.2) is 77.8 Å². The van der Waals surface area contributed by atoms with Crippen LogP contribution in [0.2, 0.25) is 0 Å². The molecule has 35 heavy (non-hydrogen) atoms. The number of Topliss-reactive ketones (excluding diaryl/α,β-unsaturated/α-hetero) is 1. The molecule has 0 saturated carbocycles. The van der Waals surface area contributed by atoms with Gasteiger partial charge in [-0.2, -0.15) is 4.89 Å². The molecule has 3 rings (SSSR count). The Morgan fingerprint density at radius 2 is 1.66 bits per heavy atom. The maximum absolute atomic E-state index is 13.1. The number of ketones is 1. The molecular formula is C30H37NO3S. The number of rotatable bonds is 12. The Balaban J connectivity index is 1.82. The molecular weight excluding hydrogens is 454 g/mol. The van der Waals surface area contributed by atoms with Crippen molar-refractivity contribution in [3.8, 4) is 5.75 Å². The summed E-state index contributed by atoms with van der Waals surface area (Å²) in [5.41, 5.74) is 3.76. The zero-order valence-electron chi connectivity index (χ0n) is 21.7. The highest BCUT2D eigenvalue weighted by Crippen LogP contribution is 2.38. The molecule has 0 saturated heterocycles. The van der Waals surface area contributed by atoms with Crippen molar-refractivity contribution in [2.24, 2.45) is 0 Å². The Bertz CT molecular complexity index is 1130. The van der Waals surface area contributed by atoms with Gasteiger partial charge >= 0.3 is 0 Å². The van der Waals surface area contributed by atoms with E-state index in [0.29, 0.717) is 16.2 Å². The zero-order chi connectivity index (χ0) is 25.5. The number of thiophene rings is 1. The van der Waals surface area contributed by atoms with Gasteiger partial charge in [0.2, 0.25) is 5.78 Å². The van der Waals surface area contributed by atoms with E-state index in [1.807, 2.05) is 53.9 Å². The van der Waals surface area contributed by atoms with Gasteiger partial charge in [0, 0.05) is 23.0 Å². The van der Waals surface area contributed by atoms with Gasteiger partial charge in [0.05, 0.1) is 4.88 Å². The molecule has 0 unspecified atom stereocenters. The number of hydrogen-bond donors (Lipinski definition) is 1. The highest BCUT2D eigenvalue weighted by molar-refractivity contribution is 7.12. The number of hydrogen-bond acceptors (Lipinski definition) is 5. The Morgan fingerprint density at radius 1 is 0.943 bits per heavy atom. The van der Waals surface area contributed by atoms with Crippen LogP contribution in [-0.2, 0) is 15.7 Å². The topological polar surface area (TPSA) is 47.6 Å². The van der Waals surface area contributed by atoms with E-state index in [2.05, 4.69) is 59.0 Å². The summed E-state index contributed by atoms with van der Waals surface area (Å²) in [6.45, 7) is 13.4. The van der Waals surface area contributed by atoms with E-state index >= 15 is 0 Å². The summed E-state index contributed by atoms with van der Waals surface area (Å²) in [6.07, 6.45) is 3.70. The second-order valence-corrected chi connectivity index (χ2v) is 11.0. The molecule has 0 atom stereocenters. The van der Waals surface area contributed by atoms with Crippen LogP contribution < -0.4 is 10.2 Å². The van der Waals surface area contributed by atoms with E-state index in [1.165, 1.54) is 16.9 Å². The lowest BCUT2D eigenvalue weighted by atomic mass is 9.76. The summed E-state index contributed by atoms with van der Waals surface area (Å²) < 4.78 is 0. The Morgan fingerprint density at radius 3 is 2.29 bits per heavy atom. The van der Waals surface area contributed by atoms with Gasteiger partial charge in [-0.1, -0.05) is 77.9 Å². The van der Waals surface area contributed by atoms with Crippen LogP contribution in [0.25, 0.3) is 0 Å². The van der Waals surface area contributed by atoms with Crippen molar-refractivity contribution in [2.45, 2.75) is 65.2 Å². The van der Waals surface area contributed by atoms with Crippen molar-refractivity contribution in [3.63, 3.8) is 0 Å². The minimum absolute atomic E-state index is 0.0186. The summed E-state index contributed by atoms with van der Waals surface area (Å²) in [5.74, 6) is 0.604. The quantitative estimate of drug-likeness (QED) is 0.120. The Hall–Kier alpha value is -2.89. The van der Waals surface area contributed by atoms with E-state index < -0.39 is 0 Å². The number of carbonyl (C=O) groups excluding carboxylic acids is 1. The van der Waals surface area contributed by atoms with E-state index in [4.69, 9.17) is 9.78 Å². The van der Waals surface area contributed by atoms with E-state index in [9.17, 15) is 4.79 Å². The van der Waals surface area contributed by atoms with Crippen molar-refractivity contribution >= 4 is 22.8 Å². The minimum Gasteiger partial charge on any atom is -0.361 e. The molecule has 0 aliphatic carbocycles. The molecule has 186 valence electrons. The number of anilines is 1. The predicted octanol–water partition coefficient (Wildman–Crippen LogP) is 8.31. The summed E-state index contributed by atoms with van der Waals surface area (Å²) >= 11 is 1.41. The average Bonchev–Trinajstić information content (AvgIpc) is 3.41. The number of carbonyl (C=O) groups is 1. The predicted molar refractivity (Wildman–Crippen MR) is 146 cm³/mol. The highest BCUT2D eigenvalue weighted by atomic mass is 32.1. The molecule has 0 fully saturated rings. The van der Waals surface area contributed by atoms with Gasteiger partial charge in [-0.05, 0) is 58.9 Å². The monoisotopic (exact) mass is 491 g/mol. The van der Waals surface area contributed by atoms with Crippen LogP contribution in [-0.4, -0.2) is 12.4 Å². The maximum atomic E-state index is 13.1. The fraction of sp³-hybridized carbons (Fsp3) is 0.367. The van der Waals surface area contributed by atoms with E-state index in [0.717, 1.165) is 24.1 Å². The standard InChI is InChI=1S/C30H37NO3S/c1-7-29(3,4)23-16-17-26(25(19-23)30(5,6)8-2)34-33-21-22(28(32)27-15-12-18-35-27)20-31-24-13-10-9-11-14-24/h9-20,31H,7-8,21H2,1-6H3. The van der Waals surface area contributed by atoms with Gasteiger partial charge in [0.25, 0.3) is 0 Å². The van der Waals surface area contributed by atoms with Crippen LogP contribution in [0.1, 0.15) is 75.2 Å². The Labute approximate surface area is 213 Å². The van der Waals surface area contributed by atoms with Crippen LogP contribution in [0.4, 0.5) is 5.69 Å². The van der Waals surface area contributed by atoms with Crippen molar-refractivity contribution in [3.05, 3.63) is 93.8 Å². The van der Waals surface area contributed by atoms with E-state index in [-0.39, 0.29) is 23.2 Å². The summed E-state index contributed by atoms with van der Waals surface area (Å²) in [5, 5.41) is 5.09. The molecule has 1 N–H and O–H groups in total. The second kappa shape index (κ2) is 11.7. The number of nitrogens with one attached hydrogen (secondary N) is 1. The van der Waals surface area contributed by atoms with E-state index in [1.54, 1.807) is 6.20 Å². The third-order valence-electron chi connectivity index (χ3n) is 6.84. The SMILES string of the molecule is CCC(C)(C)c1ccc(OOCC(=CNc2ccccc2)C(=O)c2cccs2)c(C(C)(C)CC)c1. The number of para-hydroxylation sites is 1. The molecule has 3 aromatic rings. The molecule has 0 aliphatic rings. The molecule has 2 aromatic carbocycles. The lowest BCUT2D eigenvalue weighted by Crippen LogP contribution is -2.21. The van der Waals surface area contributed by atoms with Crippen molar-refractivity contribution in [2.75, 3.05) is 11.9 Å². The molecule has 0 amide bonds. The normalized spacial score (nSPS) is 12.5. The van der Waals surface area contributed by atoms with Crippen LogP contribution in [0, 0.1) is 0 Å². The van der Waals surface area contributed by atoms with Crippen molar-refractivity contribution in [1.82, 2.24) is 0 Å². The van der Waals surface area contributed by atoms with Crippen molar-refractivity contribution < 1.29 is 14.6 Å². The van der Waals surface area contributed by atoms with Gasteiger partial charge in [0.15, 0.2) is 5.75 Å². The lowest BCUT2D eigenvalue weighted by Gasteiger charge is -2.30. The van der Waals surface area contributed by atoms with Gasteiger partial charge < -0.3 is 10.2 Å². The molecule has 0 aliphatic heterocycles. The van der Waals surface area contributed by atoms with Gasteiger partial charge in [-0.25, -0.2) is 0 Å². The second-order valence-electron chi connectivity index (χ2n) is 10.0. The summed E-state index contributed by atoms with van der Waals surface area (Å²) in [6, 6.07) is 19.8. The lowest BCUT2D eigenvalue weighted by molar-refractivity contribution is -0.198. The highest BCUT2D eigenvalue weighted by Gasteiger charge is 2.27. The number of benzene rings is 2. The Kier molecular flexibility index (Phi) is 8.92. The van der Waals surface area contributed by atoms with Crippen LogP contribution in [0.3, 0.4) is 0 Å². The summed E-state index contributed by atoms with van der Waals surface area (Å²) in [4.78, 5) is 25.3. The average molecular weight is 492 g/mol. The molecule has 1 heterocycles. The van der Waals surface area contributed by atoms with Gasteiger partial charge in [0.1, 0.15) is 6.61 Å². The molecule has 0 spiro atoms. The first-order chi connectivity index (χ1) is 16.7. The zero-order valence-corrected chi connectivity index (χ0v) is 22.5. The molecule has 0 bridgehead atoms. The first-order valence-corrected chi connectivity index (χ1v) is 13.1. The molecule has 5 heteroatoms. The first kappa shape index (κ1) is 26.7. The minimum atomic E-state index is -0.0845. The third kappa shape index (κ3) is 6.83. The summed E-state index contributed by atoms with van der Waals surface area (Å²) in [7, 11) is 0. The fourth-order valence-corrected chi connectivity index (χ4v) is 4.25. The van der Waals surface area contributed by atoms with Crippen LogP contribution >= 0.6 is 11.3 Å². The van der Waals surface area contributed by atoms with Gasteiger partial charge in [-0.15, -0.1) is 11.3 Å². The molecule has 0 radical (unpaired) electrons. The van der Waals surface area contributed by atoms with Crippen LogP contribution in [0.5, 0.6) is 5.75 Å². The fourth-order valence-electron chi connectivity index (χ4n) is 3.55.